The number of rotatable bonds is 6. The molecular formula is C15H19N3O. The van der Waals surface area contributed by atoms with Crippen molar-refractivity contribution >= 4 is 5.69 Å². The second-order valence-electron chi connectivity index (χ2n) is 4.27. The summed E-state index contributed by atoms with van der Waals surface area (Å²) in [6.45, 7) is 2.23. The maximum Gasteiger partial charge on any atom is 0.119 e. The number of benzene rings is 1. The van der Waals surface area contributed by atoms with E-state index in [2.05, 4.69) is 16.0 Å². The Hall–Kier alpha value is -2.07. The molecule has 0 saturated carbocycles. The lowest BCUT2D eigenvalue weighted by Gasteiger charge is -2.24. The first-order valence-electron chi connectivity index (χ1n) is 6.31. The smallest absolute Gasteiger partial charge is 0.119 e. The Morgan fingerprint density at radius 2 is 2.00 bits per heavy atom. The van der Waals surface area contributed by atoms with Gasteiger partial charge in [0.15, 0.2) is 0 Å². The van der Waals surface area contributed by atoms with Crippen molar-refractivity contribution in [1.29, 1.82) is 0 Å². The first kappa shape index (κ1) is 13.4. The van der Waals surface area contributed by atoms with Gasteiger partial charge in [-0.15, -0.1) is 0 Å². The van der Waals surface area contributed by atoms with Crippen molar-refractivity contribution in [2.75, 3.05) is 25.1 Å². The lowest BCUT2D eigenvalue weighted by atomic mass is 10.2. The van der Waals surface area contributed by atoms with E-state index in [0.29, 0.717) is 6.54 Å². The summed E-state index contributed by atoms with van der Waals surface area (Å²) in [5.41, 5.74) is 8.00. The Kier molecular flexibility index (Phi) is 4.75. The van der Waals surface area contributed by atoms with E-state index in [1.165, 1.54) is 5.56 Å². The minimum atomic E-state index is 0.617. The largest absolute Gasteiger partial charge is 0.497 e. The Morgan fingerprint density at radius 1 is 1.21 bits per heavy atom. The molecule has 4 heteroatoms. The normalized spacial score (nSPS) is 10.2. The van der Waals surface area contributed by atoms with Crippen LogP contribution < -0.4 is 15.4 Å². The van der Waals surface area contributed by atoms with Crippen LogP contribution in [0.4, 0.5) is 5.69 Å². The van der Waals surface area contributed by atoms with Crippen LogP contribution in [0.3, 0.4) is 0 Å². The second kappa shape index (κ2) is 6.75. The van der Waals surface area contributed by atoms with Crippen LogP contribution in [0.25, 0.3) is 0 Å². The lowest BCUT2D eigenvalue weighted by Crippen LogP contribution is -2.28. The molecule has 0 unspecified atom stereocenters. The molecule has 2 rings (SSSR count). The van der Waals surface area contributed by atoms with E-state index < -0.39 is 0 Å². The number of anilines is 1. The number of hydrogen-bond donors (Lipinski definition) is 1. The van der Waals surface area contributed by atoms with Crippen molar-refractivity contribution in [1.82, 2.24) is 4.98 Å². The van der Waals surface area contributed by atoms with Crippen molar-refractivity contribution in [2.45, 2.75) is 6.54 Å². The highest BCUT2D eigenvalue weighted by Gasteiger charge is 2.06. The molecule has 100 valence electrons. The number of pyridine rings is 1. The average molecular weight is 257 g/mol. The van der Waals surface area contributed by atoms with Crippen molar-refractivity contribution in [2.24, 2.45) is 5.73 Å². The predicted molar refractivity (Wildman–Crippen MR) is 77.3 cm³/mol. The first-order chi connectivity index (χ1) is 9.33. The molecule has 0 spiro atoms. The van der Waals surface area contributed by atoms with E-state index >= 15 is 0 Å². The molecule has 0 radical (unpaired) electrons. The van der Waals surface area contributed by atoms with Gasteiger partial charge in [0.2, 0.25) is 0 Å². The average Bonchev–Trinajstić information content (AvgIpc) is 2.48. The van der Waals surface area contributed by atoms with E-state index in [9.17, 15) is 0 Å². The summed E-state index contributed by atoms with van der Waals surface area (Å²) in [6, 6.07) is 12.0. The molecule has 1 heterocycles. The van der Waals surface area contributed by atoms with Crippen LogP contribution in [0, 0.1) is 0 Å². The number of nitrogens with zero attached hydrogens (tertiary/aromatic N) is 2. The van der Waals surface area contributed by atoms with Crippen LogP contribution in [0.1, 0.15) is 5.56 Å². The molecule has 0 atom stereocenters. The van der Waals surface area contributed by atoms with Crippen LogP contribution in [0.15, 0.2) is 48.8 Å². The third kappa shape index (κ3) is 3.69. The minimum Gasteiger partial charge on any atom is -0.497 e. The van der Waals surface area contributed by atoms with Gasteiger partial charge in [0.25, 0.3) is 0 Å². The standard InChI is InChI=1S/C15H19N3O/c1-19-15-6-4-14(5-7-15)18(10-8-16)12-13-3-2-9-17-11-13/h2-7,9,11H,8,10,12,16H2,1H3. The van der Waals surface area contributed by atoms with Gasteiger partial charge in [0.1, 0.15) is 5.75 Å². The second-order valence-corrected chi connectivity index (χ2v) is 4.27. The van der Waals surface area contributed by atoms with E-state index in [1.807, 2.05) is 36.5 Å². The molecule has 1 aromatic heterocycles. The van der Waals surface area contributed by atoms with E-state index in [1.54, 1.807) is 13.3 Å². The highest BCUT2D eigenvalue weighted by Crippen LogP contribution is 2.20. The molecule has 0 fully saturated rings. The van der Waals surface area contributed by atoms with Crippen LogP contribution in [0.5, 0.6) is 5.75 Å². The molecule has 2 N–H and O–H groups in total. The highest BCUT2D eigenvalue weighted by molar-refractivity contribution is 5.49. The van der Waals surface area contributed by atoms with Crippen LogP contribution in [-0.2, 0) is 6.54 Å². The molecular weight excluding hydrogens is 238 g/mol. The van der Waals surface area contributed by atoms with Crippen molar-refractivity contribution < 1.29 is 4.74 Å². The number of ether oxygens (including phenoxy) is 1. The van der Waals surface area contributed by atoms with E-state index in [0.717, 1.165) is 24.5 Å². The molecule has 0 aliphatic carbocycles. The molecule has 0 aliphatic rings. The SMILES string of the molecule is COc1ccc(N(CCN)Cc2cccnc2)cc1. The Bertz CT molecular complexity index is 485. The molecule has 4 nitrogen and oxygen atoms in total. The van der Waals surface area contributed by atoms with Crippen molar-refractivity contribution in [3.05, 3.63) is 54.4 Å². The number of hydrogen-bond acceptors (Lipinski definition) is 4. The number of aromatic nitrogens is 1. The van der Waals surface area contributed by atoms with E-state index in [4.69, 9.17) is 10.5 Å². The fourth-order valence-corrected chi connectivity index (χ4v) is 1.96. The summed E-state index contributed by atoms with van der Waals surface area (Å²) in [6.07, 6.45) is 3.66. The van der Waals surface area contributed by atoms with Crippen molar-refractivity contribution in [3.8, 4) is 5.75 Å². The quantitative estimate of drug-likeness (QED) is 0.860. The summed E-state index contributed by atoms with van der Waals surface area (Å²) < 4.78 is 5.17. The van der Waals surface area contributed by atoms with Gasteiger partial charge >= 0.3 is 0 Å². The lowest BCUT2D eigenvalue weighted by molar-refractivity contribution is 0.415. The number of methoxy groups -OCH3 is 1. The molecule has 0 saturated heterocycles. The van der Waals surface area contributed by atoms with Gasteiger partial charge in [-0.05, 0) is 35.9 Å². The Morgan fingerprint density at radius 3 is 2.58 bits per heavy atom. The number of nitrogens with two attached hydrogens (primary N) is 1. The third-order valence-electron chi connectivity index (χ3n) is 2.93. The molecule has 0 amide bonds. The summed E-state index contributed by atoms with van der Waals surface area (Å²) in [5.74, 6) is 0.859. The van der Waals surface area contributed by atoms with Crippen LogP contribution in [0.2, 0.25) is 0 Å². The van der Waals surface area contributed by atoms with Gasteiger partial charge in [-0.3, -0.25) is 4.98 Å². The van der Waals surface area contributed by atoms with Crippen LogP contribution in [-0.4, -0.2) is 25.2 Å². The highest BCUT2D eigenvalue weighted by atomic mass is 16.5. The van der Waals surface area contributed by atoms with Gasteiger partial charge in [0.05, 0.1) is 7.11 Å². The molecule has 0 bridgehead atoms. The molecule has 19 heavy (non-hydrogen) atoms. The summed E-state index contributed by atoms with van der Waals surface area (Å²) in [7, 11) is 1.67. The van der Waals surface area contributed by atoms with Crippen LogP contribution >= 0.6 is 0 Å². The van der Waals surface area contributed by atoms with Gasteiger partial charge in [0, 0.05) is 37.7 Å². The van der Waals surface area contributed by atoms with Gasteiger partial charge in [-0.1, -0.05) is 6.07 Å². The predicted octanol–water partition coefficient (Wildman–Crippen LogP) is 2.06. The third-order valence-corrected chi connectivity index (χ3v) is 2.93. The van der Waals surface area contributed by atoms with Gasteiger partial charge < -0.3 is 15.4 Å². The fraction of sp³-hybridized carbons (Fsp3) is 0.267. The maximum absolute atomic E-state index is 5.69. The Balaban J connectivity index is 2.14. The molecule has 0 aliphatic heterocycles. The molecule has 2 aromatic rings. The summed E-state index contributed by atoms with van der Waals surface area (Å²) in [5, 5.41) is 0. The summed E-state index contributed by atoms with van der Waals surface area (Å²) >= 11 is 0. The molecule has 1 aromatic carbocycles. The van der Waals surface area contributed by atoms with Crippen molar-refractivity contribution in [3.63, 3.8) is 0 Å². The van der Waals surface area contributed by atoms with Gasteiger partial charge in [-0.25, -0.2) is 0 Å². The monoisotopic (exact) mass is 257 g/mol. The first-order valence-corrected chi connectivity index (χ1v) is 6.31. The fourth-order valence-electron chi connectivity index (χ4n) is 1.96. The van der Waals surface area contributed by atoms with E-state index in [-0.39, 0.29) is 0 Å². The zero-order valence-corrected chi connectivity index (χ0v) is 11.1. The zero-order valence-electron chi connectivity index (χ0n) is 11.1. The summed E-state index contributed by atoms with van der Waals surface area (Å²) in [4.78, 5) is 6.37. The maximum atomic E-state index is 5.69. The minimum absolute atomic E-state index is 0.617. The van der Waals surface area contributed by atoms with Gasteiger partial charge in [-0.2, -0.15) is 0 Å². The Labute approximate surface area is 113 Å². The zero-order chi connectivity index (χ0) is 13.5. The topological polar surface area (TPSA) is 51.4 Å².